The van der Waals surface area contributed by atoms with E-state index in [1.807, 2.05) is 0 Å². The Balaban J connectivity index is 2.56. The highest BCUT2D eigenvalue weighted by atomic mass is 16.5. The second kappa shape index (κ2) is 5.95. The Hall–Kier alpha value is -1.65. The second-order valence-corrected chi connectivity index (χ2v) is 3.11. The van der Waals surface area contributed by atoms with Gasteiger partial charge in [-0.25, -0.2) is 4.79 Å². The molecule has 0 radical (unpaired) electrons. The van der Waals surface area contributed by atoms with E-state index in [9.17, 15) is 4.79 Å². The lowest BCUT2D eigenvalue weighted by Gasteiger charge is -2.05. The number of ether oxygens (including phenoxy) is 1. The van der Waals surface area contributed by atoms with Crippen molar-refractivity contribution in [3.8, 4) is 5.88 Å². The number of hydrogen-bond donors (Lipinski definition) is 1. The van der Waals surface area contributed by atoms with Crippen LogP contribution in [0, 0.1) is 0 Å². The van der Waals surface area contributed by atoms with E-state index in [1.165, 1.54) is 12.3 Å². The van der Waals surface area contributed by atoms with Crippen LogP contribution in [0.5, 0.6) is 5.88 Å². The van der Waals surface area contributed by atoms with Crippen molar-refractivity contribution in [2.24, 2.45) is 0 Å². The highest BCUT2D eigenvalue weighted by Gasteiger charge is 2.11. The van der Waals surface area contributed by atoms with Gasteiger partial charge in [-0.05, 0) is 12.5 Å². The van der Waals surface area contributed by atoms with Crippen LogP contribution in [0.25, 0.3) is 0 Å². The summed E-state index contributed by atoms with van der Waals surface area (Å²) in [5.74, 6) is -0.948. The summed E-state index contributed by atoms with van der Waals surface area (Å²) < 4.78 is 5.25. The van der Waals surface area contributed by atoms with Crippen LogP contribution >= 0.6 is 0 Å². The fraction of sp³-hybridized carbons (Fsp3) is 0.500. The molecule has 0 saturated carbocycles. The number of nitrogens with zero attached hydrogens (tertiary/aromatic N) is 2. The number of aromatic nitrogens is 2. The highest BCUT2D eigenvalue weighted by Crippen LogP contribution is 2.13. The molecule has 1 aromatic heterocycles. The van der Waals surface area contributed by atoms with E-state index in [-0.39, 0.29) is 11.4 Å². The van der Waals surface area contributed by atoms with Gasteiger partial charge in [-0.3, -0.25) is 0 Å². The Morgan fingerprint density at radius 3 is 3.00 bits per heavy atom. The normalized spacial score (nSPS) is 9.93. The third-order valence-corrected chi connectivity index (χ3v) is 1.90. The van der Waals surface area contributed by atoms with E-state index in [4.69, 9.17) is 9.84 Å². The molecule has 0 aromatic carbocycles. The lowest BCUT2D eigenvalue weighted by Crippen LogP contribution is -2.07. The third-order valence-electron chi connectivity index (χ3n) is 1.90. The zero-order valence-electron chi connectivity index (χ0n) is 8.64. The standard InChI is InChI=1S/C10H14N2O3/c1-2-3-4-7-15-9-8(10(13)14)5-6-11-12-9/h5-6H,2-4,7H2,1H3,(H,13,14). The average Bonchev–Trinajstić information content (AvgIpc) is 2.25. The molecule has 1 rings (SSSR count). The van der Waals surface area contributed by atoms with Gasteiger partial charge in [0.15, 0.2) is 0 Å². The molecule has 1 N–H and O–H groups in total. The smallest absolute Gasteiger partial charge is 0.341 e. The maximum Gasteiger partial charge on any atom is 0.341 e. The molecule has 1 heterocycles. The van der Waals surface area contributed by atoms with Gasteiger partial charge in [-0.15, -0.1) is 5.10 Å². The van der Waals surface area contributed by atoms with Gasteiger partial charge in [-0.1, -0.05) is 19.8 Å². The van der Waals surface area contributed by atoms with Crippen LogP contribution in [-0.2, 0) is 0 Å². The van der Waals surface area contributed by atoms with Gasteiger partial charge in [0, 0.05) is 0 Å². The van der Waals surface area contributed by atoms with Crippen LogP contribution in [0.4, 0.5) is 0 Å². The van der Waals surface area contributed by atoms with Gasteiger partial charge < -0.3 is 9.84 Å². The molecule has 15 heavy (non-hydrogen) atoms. The fourth-order valence-corrected chi connectivity index (χ4v) is 1.11. The van der Waals surface area contributed by atoms with E-state index in [1.54, 1.807) is 0 Å². The molecule has 5 nitrogen and oxygen atoms in total. The molecular weight excluding hydrogens is 196 g/mol. The average molecular weight is 210 g/mol. The first-order valence-corrected chi connectivity index (χ1v) is 4.93. The predicted molar refractivity (Wildman–Crippen MR) is 54.0 cm³/mol. The van der Waals surface area contributed by atoms with Crippen LogP contribution < -0.4 is 4.74 Å². The van der Waals surface area contributed by atoms with Crippen molar-refractivity contribution in [1.82, 2.24) is 10.2 Å². The van der Waals surface area contributed by atoms with E-state index in [0.29, 0.717) is 6.61 Å². The lowest BCUT2D eigenvalue weighted by molar-refractivity contribution is 0.0690. The summed E-state index contributed by atoms with van der Waals surface area (Å²) >= 11 is 0. The molecule has 0 aliphatic heterocycles. The van der Waals surface area contributed by atoms with E-state index < -0.39 is 5.97 Å². The molecule has 5 heteroatoms. The number of rotatable bonds is 6. The van der Waals surface area contributed by atoms with Crippen molar-refractivity contribution in [3.05, 3.63) is 17.8 Å². The monoisotopic (exact) mass is 210 g/mol. The number of carboxylic acids is 1. The zero-order chi connectivity index (χ0) is 11.1. The van der Waals surface area contributed by atoms with Crippen molar-refractivity contribution in [2.75, 3.05) is 6.61 Å². The Bertz CT molecular complexity index is 328. The van der Waals surface area contributed by atoms with Crippen LogP contribution in [0.1, 0.15) is 36.5 Å². The van der Waals surface area contributed by atoms with E-state index in [0.717, 1.165) is 19.3 Å². The van der Waals surface area contributed by atoms with Gasteiger partial charge >= 0.3 is 5.97 Å². The van der Waals surface area contributed by atoms with Gasteiger partial charge in [-0.2, -0.15) is 5.10 Å². The minimum Gasteiger partial charge on any atom is -0.477 e. The summed E-state index contributed by atoms with van der Waals surface area (Å²) in [4.78, 5) is 10.8. The maximum absolute atomic E-state index is 10.8. The molecular formula is C10H14N2O3. The van der Waals surface area contributed by atoms with Crippen molar-refractivity contribution in [1.29, 1.82) is 0 Å². The van der Waals surface area contributed by atoms with Crippen LogP contribution in [-0.4, -0.2) is 27.9 Å². The maximum atomic E-state index is 10.8. The molecule has 0 bridgehead atoms. The predicted octanol–water partition coefficient (Wildman–Crippen LogP) is 1.74. The zero-order valence-corrected chi connectivity index (χ0v) is 8.64. The third kappa shape index (κ3) is 3.53. The molecule has 0 aliphatic rings. The van der Waals surface area contributed by atoms with Crippen molar-refractivity contribution >= 4 is 5.97 Å². The Morgan fingerprint density at radius 2 is 2.33 bits per heavy atom. The number of carboxylic acid groups (broad SMARTS) is 1. The van der Waals surface area contributed by atoms with Gasteiger partial charge in [0.1, 0.15) is 5.56 Å². The Morgan fingerprint density at radius 1 is 1.53 bits per heavy atom. The van der Waals surface area contributed by atoms with Gasteiger partial charge in [0.25, 0.3) is 0 Å². The summed E-state index contributed by atoms with van der Waals surface area (Å²) in [5.41, 5.74) is 0.0569. The van der Waals surface area contributed by atoms with Gasteiger partial charge in [0.05, 0.1) is 12.8 Å². The molecule has 0 saturated heterocycles. The largest absolute Gasteiger partial charge is 0.477 e. The lowest BCUT2D eigenvalue weighted by atomic mass is 10.2. The summed E-state index contributed by atoms with van der Waals surface area (Å²) in [7, 11) is 0. The highest BCUT2D eigenvalue weighted by molar-refractivity contribution is 5.89. The number of hydrogen-bond acceptors (Lipinski definition) is 4. The minimum absolute atomic E-state index is 0.0569. The molecule has 0 atom stereocenters. The van der Waals surface area contributed by atoms with Crippen molar-refractivity contribution in [3.63, 3.8) is 0 Å². The number of carbonyl (C=O) groups is 1. The van der Waals surface area contributed by atoms with Gasteiger partial charge in [0.2, 0.25) is 5.88 Å². The Labute approximate surface area is 88.1 Å². The first-order valence-electron chi connectivity index (χ1n) is 4.93. The fourth-order valence-electron chi connectivity index (χ4n) is 1.11. The van der Waals surface area contributed by atoms with Crippen LogP contribution in [0.2, 0.25) is 0 Å². The topological polar surface area (TPSA) is 72.3 Å². The molecule has 1 aromatic rings. The molecule has 0 fully saturated rings. The molecule has 0 spiro atoms. The SMILES string of the molecule is CCCCCOc1nnccc1C(=O)O. The van der Waals surface area contributed by atoms with Crippen LogP contribution in [0.15, 0.2) is 12.3 Å². The van der Waals surface area contributed by atoms with E-state index >= 15 is 0 Å². The summed E-state index contributed by atoms with van der Waals surface area (Å²) in [5, 5.41) is 16.1. The quantitative estimate of drug-likeness (QED) is 0.724. The summed E-state index contributed by atoms with van der Waals surface area (Å²) in [6, 6.07) is 1.38. The second-order valence-electron chi connectivity index (χ2n) is 3.11. The molecule has 82 valence electrons. The van der Waals surface area contributed by atoms with Crippen LogP contribution in [0.3, 0.4) is 0 Å². The van der Waals surface area contributed by atoms with E-state index in [2.05, 4.69) is 17.1 Å². The van der Waals surface area contributed by atoms with Crippen molar-refractivity contribution < 1.29 is 14.6 Å². The summed E-state index contributed by atoms with van der Waals surface area (Å²) in [6.07, 6.45) is 4.38. The minimum atomic E-state index is -1.05. The number of aromatic carboxylic acids is 1. The molecule has 0 aliphatic carbocycles. The summed E-state index contributed by atoms with van der Waals surface area (Å²) in [6.45, 7) is 2.57. The molecule has 0 unspecified atom stereocenters. The number of unbranched alkanes of at least 4 members (excludes halogenated alkanes) is 2. The van der Waals surface area contributed by atoms with Crippen molar-refractivity contribution in [2.45, 2.75) is 26.2 Å². The molecule has 0 amide bonds. The first kappa shape index (κ1) is 11.4. The first-order chi connectivity index (χ1) is 7.25. The Kier molecular flexibility index (Phi) is 4.53.